The molecule has 2 aliphatic rings. The summed E-state index contributed by atoms with van der Waals surface area (Å²) in [5, 5.41) is 5.00. The predicted octanol–water partition coefficient (Wildman–Crippen LogP) is 3.34. The monoisotopic (exact) mass is 326 g/mol. The molecule has 0 radical (unpaired) electrons. The molecule has 5 heteroatoms. The van der Waals surface area contributed by atoms with Crippen LogP contribution in [0.15, 0.2) is 35.7 Å². The summed E-state index contributed by atoms with van der Waals surface area (Å²) in [6.45, 7) is 2.35. The second kappa shape index (κ2) is 5.20. The SMILES string of the molecule is Cc1ccc(CN2C(=O)NC3(CCCc4sccc43)C2=O)cc1. The number of rotatable bonds is 2. The van der Waals surface area contributed by atoms with Crippen molar-refractivity contribution in [3.05, 3.63) is 57.3 Å². The Balaban J connectivity index is 1.66. The Bertz CT molecular complexity index is 781. The average molecular weight is 326 g/mol. The summed E-state index contributed by atoms with van der Waals surface area (Å²) in [5.41, 5.74) is 2.30. The van der Waals surface area contributed by atoms with Crippen LogP contribution < -0.4 is 5.32 Å². The van der Waals surface area contributed by atoms with E-state index in [9.17, 15) is 9.59 Å². The number of imide groups is 1. The van der Waals surface area contributed by atoms with Crippen LogP contribution >= 0.6 is 11.3 Å². The van der Waals surface area contributed by atoms with E-state index in [1.807, 2.05) is 42.6 Å². The Morgan fingerprint density at radius 3 is 2.78 bits per heavy atom. The summed E-state index contributed by atoms with van der Waals surface area (Å²) in [6, 6.07) is 9.65. The molecule has 1 aliphatic heterocycles. The molecule has 118 valence electrons. The summed E-state index contributed by atoms with van der Waals surface area (Å²) < 4.78 is 0. The second-order valence-electron chi connectivity index (χ2n) is 6.32. The van der Waals surface area contributed by atoms with Crippen molar-refractivity contribution in [2.45, 2.75) is 38.3 Å². The molecule has 4 nitrogen and oxygen atoms in total. The third kappa shape index (κ3) is 2.18. The van der Waals surface area contributed by atoms with Gasteiger partial charge in [0.05, 0.1) is 6.54 Å². The molecule has 2 aromatic rings. The fourth-order valence-corrected chi connectivity index (χ4v) is 4.56. The Morgan fingerprint density at radius 2 is 2.00 bits per heavy atom. The number of benzene rings is 1. The number of urea groups is 1. The van der Waals surface area contributed by atoms with Gasteiger partial charge >= 0.3 is 6.03 Å². The Morgan fingerprint density at radius 1 is 1.22 bits per heavy atom. The molecule has 1 aromatic heterocycles. The van der Waals surface area contributed by atoms with Crippen LogP contribution in [-0.4, -0.2) is 16.8 Å². The summed E-state index contributed by atoms with van der Waals surface area (Å²) in [4.78, 5) is 28.1. The topological polar surface area (TPSA) is 49.4 Å². The molecule has 1 aliphatic carbocycles. The lowest BCUT2D eigenvalue weighted by atomic mass is 9.80. The third-order valence-corrected chi connectivity index (χ3v) is 5.78. The molecule has 1 fully saturated rings. The number of nitrogens with zero attached hydrogens (tertiary/aromatic N) is 1. The maximum absolute atomic E-state index is 13.1. The van der Waals surface area contributed by atoms with Crippen molar-refractivity contribution in [2.24, 2.45) is 0 Å². The number of hydrogen-bond donors (Lipinski definition) is 1. The number of carbonyl (C=O) groups excluding carboxylic acids is 2. The summed E-state index contributed by atoms with van der Waals surface area (Å²) in [5.74, 6) is -0.109. The molecule has 1 N–H and O–H groups in total. The van der Waals surface area contributed by atoms with Crippen LogP contribution in [0.1, 0.15) is 34.4 Å². The molecule has 0 saturated carbocycles. The quantitative estimate of drug-likeness (QED) is 0.861. The van der Waals surface area contributed by atoms with Crippen LogP contribution in [0.4, 0.5) is 4.79 Å². The van der Waals surface area contributed by atoms with Gasteiger partial charge < -0.3 is 5.32 Å². The van der Waals surface area contributed by atoms with Gasteiger partial charge in [-0.05, 0) is 43.2 Å². The molecular formula is C18H18N2O2S. The van der Waals surface area contributed by atoms with E-state index in [-0.39, 0.29) is 11.9 Å². The lowest BCUT2D eigenvalue weighted by Gasteiger charge is -2.31. The first kappa shape index (κ1) is 14.5. The highest BCUT2D eigenvalue weighted by Gasteiger charge is 2.54. The van der Waals surface area contributed by atoms with Gasteiger partial charge in [0.25, 0.3) is 5.91 Å². The van der Waals surface area contributed by atoms with E-state index in [1.165, 1.54) is 9.78 Å². The summed E-state index contributed by atoms with van der Waals surface area (Å²) in [6.07, 6.45) is 2.61. The van der Waals surface area contributed by atoms with E-state index >= 15 is 0 Å². The Kier molecular flexibility index (Phi) is 3.27. The van der Waals surface area contributed by atoms with E-state index in [0.717, 1.165) is 29.5 Å². The lowest BCUT2D eigenvalue weighted by Crippen LogP contribution is -2.46. The Hall–Kier alpha value is -2.14. The second-order valence-corrected chi connectivity index (χ2v) is 7.32. The van der Waals surface area contributed by atoms with Crippen molar-refractivity contribution >= 4 is 23.3 Å². The van der Waals surface area contributed by atoms with Gasteiger partial charge in [-0.15, -0.1) is 11.3 Å². The largest absolute Gasteiger partial charge is 0.325 e. The van der Waals surface area contributed by atoms with E-state index in [4.69, 9.17) is 0 Å². The maximum atomic E-state index is 13.1. The molecule has 1 spiro atoms. The van der Waals surface area contributed by atoms with Crippen LogP contribution in [0.5, 0.6) is 0 Å². The van der Waals surface area contributed by atoms with Gasteiger partial charge in [0.1, 0.15) is 5.54 Å². The Labute approximate surface area is 139 Å². The average Bonchev–Trinajstić information content (AvgIpc) is 3.10. The first-order chi connectivity index (χ1) is 11.1. The number of carbonyl (C=O) groups is 2. The van der Waals surface area contributed by atoms with E-state index in [0.29, 0.717) is 13.0 Å². The molecule has 1 saturated heterocycles. The minimum Gasteiger partial charge on any atom is -0.319 e. The molecule has 0 bridgehead atoms. The van der Waals surface area contributed by atoms with Crippen LogP contribution in [0, 0.1) is 6.92 Å². The summed E-state index contributed by atoms with van der Waals surface area (Å²) in [7, 11) is 0. The number of hydrogen-bond acceptors (Lipinski definition) is 3. The first-order valence-electron chi connectivity index (χ1n) is 7.87. The van der Waals surface area contributed by atoms with E-state index in [2.05, 4.69) is 5.32 Å². The van der Waals surface area contributed by atoms with Gasteiger partial charge in [-0.3, -0.25) is 9.69 Å². The normalized spacial score (nSPS) is 23.3. The molecule has 4 rings (SSSR count). The van der Waals surface area contributed by atoms with Crippen molar-refractivity contribution in [2.75, 3.05) is 0 Å². The van der Waals surface area contributed by atoms with Crippen molar-refractivity contribution < 1.29 is 9.59 Å². The number of fused-ring (bicyclic) bond motifs is 2. The van der Waals surface area contributed by atoms with Crippen LogP contribution in [0.25, 0.3) is 0 Å². The fourth-order valence-electron chi connectivity index (χ4n) is 3.56. The minimum absolute atomic E-state index is 0.109. The van der Waals surface area contributed by atoms with Gasteiger partial charge in [0.15, 0.2) is 0 Å². The molecule has 2 heterocycles. The zero-order valence-electron chi connectivity index (χ0n) is 13.0. The van der Waals surface area contributed by atoms with Crippen LogP contribution in [-0.2, 0) is 23.3 Å². The third-order valence-electron chi connectivity index (χ3n) is 4.80. The van der Waals surface area contributed by atoms with Crippen molar-refractivity contribution in [1.29, 1.82) is 0 Å². The lowest BCUT2D eigenvalue weighted by molar-refractivity contribution is -0.132. The first-order valence-corrected chi connectivity index (χ1v) is 8.75. The molecule has 1 aromatic carbocycles. The zero-order chi connectivity index (χ0) is 16.0. The molecule has 3 amide bonds. The van der Waals surface area contributed by atoms with Gasteiger partial charge in [0, 0.05) is 10.4 Å². The highest BCUT2D eigenvalue weighted by Crippen LogP contribution is 2.42. The zero-order valence-corrected chi connectivity index (χ0v) is 13.8. The van der Waals surface area contributed by atoms with E-state index < -0.39 is 5.54 Å². The number of nitrogens with one attached hydrogen (secondary N) is 1. The maximum Gasteiger partial charge on any atom is 0.325 e. The van der Waals surface area contributed by atoms with E-state index in [1.54, 1.807) is 11.3 Å². The smallest absolute Gasteiger partial charge is 0.319 e. The number of amides is 3. The highest BCUT2D eigenvalue weighted by atomic mass is 32.1. The van der Waals surface area contributed by atoms with Gasteiger partial charge in [0.2, 0.25) is 0 Å². The van der Waals surface area contributed by atoms with Crippen molar-refractivity contribution in [1.82, 2.24) is 10.2 Å². The van der Waals surface area contributed by atoms with Gasteiger partial charge in [-0.2, -0.15) is 0 Å². The molecular weight excluding hydrogens is 308 g/mol. The van der Waals surface area contributed by atoms with Crippen molar-refractivity contribution in [3.63, 3.8) is 0 Å². The number of thiophene rings is 1. The summed E-state index contributed by atoms with van der Waals surface area (Å²) >= 11 is 1.67. The fraction of sp³-hybridized carbons (Fsp3) is 0.333. The van der Waals surface area contributed by atoms with Gasteiger partial charge in [-0.25, -0.2) is 4.79 Å². The highest BCUT2D eigenvalue weighted by molar-refractivity contribution is 7.10. The number of aryl methyl sites for hydroxylation is 2. The predicted molar refractivity (Wildman–Crippen MR) is 89.2 cm³/mol. The molecule has 1 atom stereocenters. The standard InChI is InChI=1S/C18H18N2O2S/c1-12-4-6-13(7-5-12)11-20-16(21)18(19-17(20)22)9-2-3-15-14(18)8-10-23-15/h4-8,10H,2-3,9,11H2,1H3,(H,19,22). The van der Waals surface area contributed by atoms with Crippen molar-refractivity contribution in [3.8, 4) is 0 Å². The van der Waals surface area contributed by atoms with Gasteiger partial charge in [-0.1, -0.05) is 29.8 Å². The molecule has 1 unspecified atom stereocenters. The van der Waals surface area contributed by atoms with Crippen LogP contribution in [0.2, 0.25) is 0 Å². The molecule has 23 heavy (non-hydrogen) atoms. The minimum atomic E-state index is -0.838. The van der Waals surface area contributed by atoms with Crippen LogP contribution in [0.3, 0.4) is 0 Å².